The Kier molecular flexibility index (Phi) is 4.99. The van der Waals surface area contributed by atoms with Crippen LogP contribution in [-0.2, 0) is 20.7 Å². The number of rotatable bonds is 5. The van der Waals surface area contributed by atoms with Crippen LogP contribution in [0.25, 0.3) is 0 Å². The Hall–Kier alpha value is -1.35. The molecule has 0 aliphatic carbocycles. The smallest absolute Gasteiger partial charge is 0.311 e. The maximum absolute atomic E-state index is 11.4. The summed E-state index contributed by atoms with van der Waals surface area (Å²) in [6.45, 7) is 1.82. The Morgan fingerprint density at radius 1 is 1.25 bits per heavy atom. The van der Waals surface area contributed by atoms with Crippen LogP contribution >= 0.6 is 0 Å². The van der Waals surface area contributed by atoms with Crippen molar-refractivity contribution >= 4 is 5.97 Å². The van der Waals surface area contributed by atoms with Crippen LogP contribution in [0.3, 0.4) is 0 Å². The molecule has 0 aliphatic rings. The molecule has 0 spiro atoms. The summed E-state index contributed by atoms with van der Waals surface area (Å²) in [5.74, 6) is -0.488. The predicted molar refractivity (Wildman–Crippen MR) is 62.1 cm³/mol. The van der Waals surface area contributed by atoms with Gasteiger partial charge in [-0.2, -0.15) is 0 Å². The molecule has 1 rings (SSSR count). The molecule has 0 aliphatic heterocycles. The van der Waals surface area contributed by atoms with Gasteiger partial charge in [-0.1, -0.05) is 30.3 Å². The van der Waals surface area contributed by atoms with Crippen molar-refractivity contribution in [1.82, 2.24) is 0 Å². The average Bonchev–Trinajstić information content (AvgIpc) is 2.35. The second kappa shape index (κ2) is 6.28. The lowest BCUT2D eigenvalue weighted by atomic mass is 9.97. The Bertz CT molecular complexity index is 321. The number of carbonyl (C=O) groups is 1. The van der Waals surface area contributed by atoms with Crippen LogP contribution in [0.5, 0.6) is 0 Å². The van der Waals surface area contributed by atoms with Gasteiger partial charge in [0.25, 0.3) is 0 Å². The molecule has 0 N–H and O–H groups in total. The van der Waals surface area contributed by atoms with Gasteiger partial charge in [0.15, 0.2) is 0 Å². The van der Waals surface area contributed by atoms with Crippen molar-refractivity contribution < 1.29 is 14.3 Å². The van der Waals surface area contributed by atoms with Crippen LogP contribution in [0, 0.1) is 5.92 Å². The van der Waals surface area contributed by atoms with Crippen molar-refractivity contribution in [1.29, 1.82) is 0 Å². The number of hydrogen-bond acceptors (Lipinski definition) is 3. The molecule has 0 fully saturated rings. The summed E-state index contributed by atoms with van der Waals surface area (Å²) in [7, 11) is 3.01. The van der Waals surface area contributed by atoms with Gasteiger partial charge in [-0.25, -0.2) is 0 Å². The molecule has 0 saturated carbocycles. The predicted octanol–water partition coefficient (Wildman–Crippen LogP) is 2.05. The second-order valence-electron chi connectivity index (χ2n) is 3.78. The third-order valence-electron chi connectivity index (χ3n) is 2.71. The van der Waals surface area contributed by atoms with Crippen molar-refractivity contribution in [2.75, 3.05) is 14.2 Å². The molecule has 0 saturated heterocycles. The van der Waals surface area contributed by atoms with E-state index in [1.807, 2.05) is 37.3 Å². The molecule has 2 atom stereocenters. The van der Waals surface area contributed by atoms with Crippen molar-refractivity contribution in [3.8, 4) is 0 Å². The molecule has 0 unspecified atom stereocenters. The number of carbonyl (C=O) groups excluding carboxylic acids is 1. The Morgan fingerprint density at radius 2 is 1.88 bits per heavy atom. The summed E-state index contributed by atoms with van der Waals surface area (Å²) in [5.41, 5.74) is 1.16. The van der Waals surface area contributed by atoms with Crippen LogP contribution in [0.1, 0.15) is 12.5 Å². The van der Waals surface area contributed by atoms with E-state index in [1.165, 1.54) is 7.11 Å². The van der Waals surface area contributed by atoms with Gasteiger partial charge in [0.05, 0.1) is 19.1 Å². The topological polar surface area (TPSA) is 35.5 Å². The van der Waals surface area contributed by atoms with Gasteiger partial charge < -0.3 is 9.47 Å². The molecular formula is C13H18O3. The maximum atomic E-state index is 11.4. The van der Waals surface area contributed by atoms with Gasteiger partial charge >= 0.3 is 5.97 Å². The molecule has 88 valence electrons. The highest BCUT2D eigenvalue weighted by Gasteiger charge is 2.24. The largest absolute Gasteiger partial charge is 0.469 e. The first-order valence-electron chi connectivity index (χ1n) is 5.33. The summed E-state index contributed by atoms with van der Waals surface area (Å²) in [6, 6.07) is 9.97. The summed E-state index contributed by atoms with van der Waals surface area (Å²) < 4.78 is 10.1. The number of benzene rings is 1. The zero-order valence-electron chi connectivity index (χ0n) is 9.97. The lowest BCUT2D eigenvalue weighted by Gasteiger charge is -2.20. The molecule has 1 aromatic carbocycles. The van der Waals surface area contributed by atoms with Gasteiger partial charge in [-0.05, 0) is 18.9 Å². The van der Waals surface area contributed by atoms with Gasteiger partial charge in [0.2, 0.25) is 0 Å². The van der Waals surface area contributed by atoms with Crippen LogP contribution < -0.4 is 0 Å². The molecule has 0 radical (unpaired) electrons. The van der Waals surface area contributed by atoms with Gasteiger partial charge in [0.1, 0.15) is 0 Å². The molecular weight excluding hydrogens is 204 g/mol. The zero-order valence-corrected chi connectivity index (χ0v) is 9.97. The fourth-order valence-electron chi connectivity index (χ4n) is 1.65. The number of esters is 1. The minimum Gasteiger partial charge on any atom is -0.469 e. The first-order valence-corrected chi connectivity index (χ1v) is 5.33. The number of methoxy groups -OCH3 is 2. The highest BCUT2D eigenvalue weighted by Crippen LogP contribution is 2.14. The average molecular weight is 222 g/mol. The standard InChI is InChI=1S/C13H18O3/c1-10(13(14)16-3)12(15-2)9-11-7-5-4-6-8-11/h4-8,10,12H,9H2,1-3H3/t10-,12-/m1/s1. The Labute approximate surface area is 96.4 Å². The van der Waals surface area contributed by atoms with E-state index in [1.54, 1.807) is 7.11 Å². The fraction of sp³-hybridized carbons (Fsp3) is 0.462. The normalized spacial score (nSPS) is 14.2. The minimum atomic E-state index is -0.254. The maximum Gasteiger partial charge on any atom is 0.311 e. The van der Waals surface area contributed by atoms with Gasteiger partial charge in [-0.15, -0.1) is 0 Å². The molecule has 0 heterocycles. The summed E-state index contributed by atoms with van der Waals surface area (Å²) in [6.07, 6.45) is 0.572. The molecule has 0 aromatic heterocycles. The molecule has 16 heavy (non-hydrogen) atoms. The van der Waals surface area contributed by atoms with Crippen LogP contribution in [-0.4, -0.2) is 26.3 Å². The SMILES string of the molecule is COC(=O)[C@H](C)[C@@H](Cc1ccccc1)OC. The molecule has 3 heteroatoms. The summed E-state index contributed by atoms with van der Waals surface area (Å²) in [5, 5.41) is 0. The van der Waals surface area contributed by atoms with Crippen LogP contribution in [0.2, 0.25) is 0 Å². The van der Waals surface area contributed by atoms with E-state index < -0.39 is 0 Å². The molecule has 1 aromatic rings. The van der Waals surface area contributed by atoms with E-state index in [0.29, 0.717) is 6.42 Å². The van der Waals surface area contributed by atoms with Crippen molar-refractivity contribution in [3.63, 3.8) is 0 Å². The molecule has 3 nitrogen and oxygen atoms in total. The first kappa shape index (κ1) is 12.7. The van der Waals surface area contributed by atoms with E-state index in [4.69, 9.17) is 9.47 Å². The third kappa shape index (κ3) is 3.35. The Morgan fingerprint density at radius 3 is 2.38 bits per heavy atom. The third-order valence-corrected chi connectivity index (χ3v) is 2.71. The van der Waals surface area contributed by atoms with E-state index in [2.05, 4.69) is 0 Å². The van der Waals surface area contributed by atoms with Crippen molar-refractivity contribution in [3.05, 3.63) is 35.9 Å². The first-order chi connectivity index (χ1) is 7.69. The Balaban J connectivity index is 2.65. The second-order valence-corrected chi connectivity index (χ2v) is 3.78. The number of ether oxygens (including phenoxy) is 2. The minimum absolute atomic E-state index is 0.144. The van der Waals surface area contributed by atoms with Crippen LogP contribution in [0.15, 0.2) is 30.3 Å². The lowest BCUT2D eigenvalue weighted by Crippen LogP contribution is -2.30. The fourth-order valence-corrected chi connectivity index (χ4v) is 1.65. The van der Waals surface area contributed by atoms with Crippen molar-refractivity contribution in [2.24, 2.45) is 5.92 Å². The monoisotopic (exact) mass is 222 g/mol. The van der Waals surface area contributed by atoms with E-state index in [0.717, 1.165) is 5.56 Å². The summed E-state index contributed by atoms with van der Waals surface area (Å²) >= 11 is 0. The quantitative estimate of drug-likeness (QED) is 0.715. The van der Waals surface area contributed by atoms with Gasteiger partial charge in [0, 0.05) is 7.11 Å². The summed E-state index contributed by atoms with van der Waals surface area (Å²) in [4.78, 5) is 11.4. The van der Waals surface area contributed by atoms with Gasteiger partial charge in [-0.3, -0.25) is 4.79 Å². The highest BCUT2D eigenvalue weighted by molar-refractivity contribution is 5.72. The lowest BCUT2D eigenvalue weighted by molar-refractivity contribution is -0.149. The van der Waals surface area contributed by atoms with Crippen molar-refractivity contribution in [2.45, 2.75) is 19.4 Å². The van der Waals surface area contributed by atoms with Crippen LogP contribution in [0.4, 0.5) is 0 Å². The zero-order chi connectivity index (χ0) is 12.0. The molecule has 0 amide bonds. The number of hydrogen-bond donors (Lipinski definition) is 0. The highest BCUT2D eigenvalue weighted by atomic mass is 16.5. The van der Waals surface area contributed by atoms with E-state index >= 15 is 0 Å². The van der Waals surface area contributed by atoms with E-state index in [-0.39, 0.29) is 18.0 Å². The molecule has 0 bridgehead atoms. The van der Waals surface area contributed by atoms with E-state index in [9.17, 15) is 4.79 Å².